The quantitative estimate of drug-likeness (QED) is 0.608. The van der Waals surface area contributed by atoms with Crippen LogP contribution in [-0.2, 0) is 0 Å². The monoisotopic (exact) mass is 239 g/mol. The summed E-state index contributed by atoms with van der Waals surface area (Å²) in [5.41, 5.74) is 1.64. The van der Waals surface area contributed by atoms with E-state index in [1.807, 2.05) is 0 Å². The lowest BCUT2D eigenvalue weighted by Gasteiger charge is -2.39. The second kappa shape index (κ2) is 6.44. The lowest BCUT2D eigenvalue weighted by Crippen LogP contribution is -2.52. The molecule has 0 aromatic carbocycles. The van der Waals surface area contributed by atoms with Gasteiger partial charge in [-0.1, -0.05) is 26.7 Å². The maximum Gasteiger partial charge on any atom is 0.168 e. The maximum absolute atomic E-state index is 2.46. The summed E-state index contributed by atoms with van der Waals surface area (Å²) in [4.78, 5) is 2.46. The van der Waals surface area contributed by atoms with Crippen molar-refractivity contribution in [3.05, 3.63) is 11.9 Å². The Kier molecular flexibility index (Phi) is 5.51. The number of unbranched alkanes of at least 4 members (excludes halogenated alkanes) is 2. The Morgan fingerprint density at radius 1 is 1.18 bits per heavy atom. The van der Waals surface area contributed by atoms with Gasteiger partial charge in [0.25, 0.3) is 0 Å². The summed E-state index contributed by atoms with van der Waals surface area (Å²) in [7, 11) is 4.68. The molecule has 0 N–H and O–H groups in total. The van der Waals surface area contributed by atoms with E-state index < -0.39 is 0 Å². The van der Waals surface area contributed by atoms with Crippen LogP contribution in [0.25, 0.3) is 0 Å². The van der Waals surface area contributed by atoms with Gasteiger partial charge >= 0.3 is 0 Å². The minimum atomic E-state index is 0.673. The molecule has 0 amide bonds. The minimum absolute atomic E-state index is 0.673. The molecular weight excluding hydrogens is 208 g/mol. The van der Waals surface area contributed by atoms with Crippen molar-refractivity contribution in [2.24, 2.45) is 0 Å². The predicted molar refractivity (Wildman–Crippen MR) is 75.4 cm³/mol. The van der Waals surface area contributed by atoms with Crippen molar-refractivity contribution in [2.75, 3.05) is 20.6 Å². The maximum atomic E-state index is 2.46. The molecule has 1 heterocycles. The highest BCUT2D eigenvalue weighted by Crippen LogP contribution is 2.34. The minimum Gasteiger partial charge on any atom is -0.327 e. The summed E-state index contributed by atoms with van der Waals surface area (Å²) in [6.45, 7) is 8.12. The van der Waals surface area contributed by atoms with Crippen molar-refractivity contribution >= 4 is 0 Å². The second-order valence-electron chi connectivity index (χ2n) is 5.60. The van der Waals surface area contributed by atoms with Gasteiger partial charge in [-0.2, -0.15) is 0 Å². The molecule has 2 nitrogen and oxygen atoms in total. The highest BCUT2D eigenvalue weighted by Gasteiger charge is 2.41. The fourth-order valence-electron chi connectivity index (χ4n) is 3.01. The van der Waals surface area contributed by atoms with Crippen LogP contribution in [0.1, 0.15) is 59.3 Å². The number of nitrogens with zero attached hydrogens (tertiary/aromatic N) is 2. The normalized spacial score (nSPS) is 28.6. The molecule has 0 fully saturated rings. The van der Waals surface area contributed by atoms with Crippen LogP contribution in [0.5, 0.6) is 0 Å². The summed E-state index contributed by atoms with van der Waals surface area (Å²) in [6, 6.07) is 0. The molecule has 0 bridgehead atoms. The van der Waals surface area contributed by atoms with Gasteiger partial charge in [-0.3, -0.25) is 4.48 Å². The fraction of sp³-hybridized carbons (Fsp3) is 0.867. The topological polar surface area (TPSA) is 3.24 Å². The molecule has 0 radical (unpaired) electrons. The van der Waals surface area contributed by atoms with E-state index in [0.29, 0.717) is 6.17 Å². The third-order valence-corrected chi connectivity index (χ3v) is 4.40. The first-order valence-electron chi connectivity index (χ1n) is 7.38. The van der Waals surface area contributed by atoms with Gasteiger partial charge in [0.1, 0.15) is 5.70 Å². The van der Waals surface area contributed by atoms with Gasteiger partial charge in [0.2, 0.25) is 0 Å². The molecule has 2 heteroatoms. The van der Waals surface area contributed by atoms with E-state index in [1.165, 1.54) is 45.1 Å². The van der Waals surface area contributed by atoms with Crippen molar-refractivity contribution in [1.82, 2.24) is 4.90 Å². The van der Waals surface area contributed by atoms with Crippen LogP contribution in [0, 0.1) is 0 Å². The van der Waals surface area contributed by atoms with E-state index in [9.17, 15) is 0 Å². The smallest absolute Gasteiger partial charge is 0.168 e. The summed E-state index contributed by atoms with van der Waals surface area (Å²) >= 11 is 0. The fourth-order valence-corrected chi connectivity index (χ4v) is 3.01. The first-order valence-corrected chi connectivity index (χ1v) is 7.38. The summed E-state index contributed by atoms with van der Waals surface area (Å²) in [5, 5.41) is 0. The molecular formula is C15H31N2+. The summed E-state index contributed by atoms with van der Waals surface area (Å²) in [6.07, 6.45) is 11.0. The van der Waals surface area contributed by atoms with Crippen molar-refractivity contribution in [2.45, 2.75) is 65.5 Å². The Hall–Kier alpha value is -0.500. The molecule has 1 aliphatic rings. The number of quaternary nitrogens is 1. The second-order valence-corrected chi connectivity index (χ2v) is 5.60. The molecule has 100 valence electrons. The molecule has 17 heavy (non-hydrogen) atoms. The molecule has 2 atom stereocenters. The van der Waals surface area contributed by atoms with E-state index in [2.05, 4.69) is 46.0 Å². The van der Waals surface area contributed by atoms with E-state index in [-0.39, 0.29) is 0 Å². The van der Waals surface area contributed by atoms with Crippen LogP contribution >= 0.6 is 0 Å². The first-order chi connectivity index (χ1) is 8.10. The first kappa shape index (κ1) is 14.6. The zero-order chi connectivity index (χ0) is 12.9. The molecule has 0 aromatic rings. The average molecular weight is 239 g/mol. The Morgan fingerprint density at radius 2 is 1.82 bits per heavy atom. The molecule has 2 unspecified atom stereocenters. The molecule has 0 aromatic heterocycles. The Labute approximate surface area is 108 Å². The SMILES string of the molecule is CCCCC1=CN(C)C(CCCC)[N+]1(C)CC. The van der Waals surface area contributed by atoms with E-state index in [1.54, 1.807) is 5.70 Å². The lowest BCUT2D eigenvalue weighted by atomic mass is 10.1. The molecule has 1 aliphatic heterocycles. The van der Waals surface area contributed by atoms with Crippen LogP contribution in [-0.4, -0.2) is 36.2 Å². The van der Waals surface area contributed by atoms with Gasteiger partial charge in [0.05, 0.1) is 19.8 Å². The molecule has 0 saturated carbocycles. The van der Waals surface area contributed by atoms with E-state index in [0.717, 1.165) is 4.48 Å². The van der Waals surface area contributed by atoms with Crippen LogP contribution in [0.2, 0.25) is 0 Å². The van der Waals surface area contributed by atoms with Gasteiger partial charge in [0.15, 0.2) is 6.17 Å². The lowest BCUT2D eigenvalue weighted by molar-refractivity contribution is -0.900. The Bertz CT molecular complexity index is 260. The molecule has 0 saturated heterocycles. The van der Waals surface area contributed by atoms with E-state index in [4.69, 9.17) is 0 Å². The van der Waals surface area contributed by atoms with Crippen molar-refractivity contribution in [1.29, 1.82) is 0 Å². The average Bonchev–Trinajstić information content (AvgIpc) is 2.57. The molecule has 1 rings (SSSR count). The zero-order valence-electron chi connectivity index (χ0n) is 12.5. The van der Waals surface area contributed by atoms with Gasteiger partial charge < -0.3 is 4.90 Å². The number of hydrogen-bond acceptors (Lipinski definition) is 1. The van der Waals surface area contributed by atoms with E-state index >= 15 is 0 Å². The van der Waals surface area contributed by atoms with Gasteiger partial charge in [-0.15, -0.1) is 0 Å². The Balaban J connectivity index is 2.75. The Morgan fingerprint density at radius 3 is 2.35 bits per heavy atom. The van der Waals surface area contributed by atoms with Crippen molar-refractivity contribution < 1.29 is 4.48 Å². The largest absolute Gasteiger partial charge is 0.327 e. The van der Waals surface area contributed by atoms with Gasteiger partial charge in [0, 0.05) is 19.9 Å². The van der Waals surface area contributed by atoms with Crippen molar-refractivity contribution in [3.8, 4) is 0 Å². The highest BCUT2D eigenvalue weighted by atomic mass is 15.5. The van der Waals surface area contributed by atoms with Crippen LogP contribution in [0.15, 0.2) is 11.9 Å². The van der Waals surface area contributed by atoms with Crippen molar-refractivity contribution in [3.63, 3.8) is 0 Å². The zero-order valence-corrected chi connectivity index (χ0v) is 12.5. The number of hydrogen-bond donors (Lipinski definition) is 0. The van der Waals surface area contributed by atoms with Crippen LogP contribution in [0.3, 0.4) is 0 Å². The highest BCUT2D eigenvalue weighted by molar-refractivity contribution is 5.00. The predicted octanol–water partition coefficient (Wildman–Crippen LogP) is 3.95. The van der Waals surface area contributed by atoms with Crippen LogP contribution < -0.4 is 0 Å². The third kappa shape index (κ3) is 3.04. The number of allylic oxidation sites excluding steroid dienone is 1. The third-order valence-electron chi connectivity index (χ3n) is 4.40. The molecule has 0 spiro atoms. The molecule has 0 aliphatic carbocycles. The summed E-state index contributed by atoms with van der Waals surface area (Å²) in [5.74, 6) is 0. The van der Waals surface area contributed by atoms with Crippen LogP contribution in [0.4, 0.5) is 0 Å². The summed E-state index contributed by atoms with van der Waals surface area (Å²) < 4.78 is 1.15. The number of rotatable bonds is 7. The van der Waals surface area contributed by atoms with Gasteiger partial charge in [-0.25, -0.2) is 0 Å². The van der Waals surface area contributed by atoms with Gasteiger partial charge in [-0.05, 0) is 19.8 Å². The standard InChI is InChI=1S/C15H31N2/c1-6-9-11-14-13-16(4)15(12-10-7-2)17(14,5)8-3/h13,15H,6-12H2,1-5H3/q+1.